The third-order valence-electron chi connectivity index (χ3n) is 4.30. The van der Waals surface area contributed by atoms with Gasteiger partial charge in [-0.15, -0.1) is 0 Å². The van der Waals surface area contributed by atoms with Gasteiger partial charge >= 0.3 is 0 Å². The number of ether oxygens (including phenoxy) is 1. The van der Waals surface area contributed by atoms with Gasteiger partial charge in [-0.1, -0.05) is 60.7 Å². The highest BCUT2D eigenvalue weighted by atomic mass is 16.5. The lowest BCUT2D eigenvalue weighted by Gasteiger charge is -2.06. The molecule has 7 nitrogen and oxygen atoms in total. The fraction of sp³-hybridized carbons (Fsp3) is 0. The molecule has 2 N–H and O–H groups in total. The van der Waals surface area contributed by atoms with Crippen LogP contribution in [0.5, 0.6) is 11.5 Å². The number of aromatic nitrogens is 2. The molecule has 1 heterocycles. The number of nitriles is 1. The molecule has 0 bridgehead atoms. The standard InChI is InChI=1S/C24H17N5O2/c25-15-21-22(18-9-3-1-4-10-18)27-24(28-23(21)30)29-26-16-17-8-7-13-20(14-17)31-19-11-5-2-6-12-19/h1-14,16H,(H2,27,28,29,30). The molecule has 0 fully saturated rings. The Labute approximate surface area is 178 Å². The van der Waals surface area contributed by atoms with Crippen LogP contribution in [-0.2, 0) is 0 Å². The van der Waals surface area contributed by atoms with E-state index in [9.17, 15) is 10.1 Å². The second-order valence-corrected chi connectivity index (χ2v) is 6.47. The summed E-state index contributed by atoms with van der Waals surface area (Å²) in [5, 5.41) is 13.5. The fourth-order valence-corrected chi connectivity index (χ4v) is 2.89. The molecule has 4 rings (SSSR count). The van der Waals surface area contributed by atoms with Crippen molar-refractivity contribution in [3.05, 3.63) is 106 Å². The Morgan fingerprint density at radius 1 is 0.968 bits per heavy atom. The summed E-state index contributed by atoms with van der Waals surface area (Å²) in [6.07, 6.45) is 1.58. The summed E-state index contributed by atoms with van der Waals surface area (Å²) >= 11 is 0. The van der Waals surface area contributed by atoms with Crippen LogP contribution < -0.4 is 15.7 Å². The Morgan fingerprint density at radius 2 is 1.68 bits per heavy atom. The molecular weight excluding hydrogens is 390 g/mol. The average Bonchev–Trinajstić information content (AvgIpc) is 2.80. The van der Waals surface area contributed by atoms with E-state index in [2.05, 4.69) is 20.5 Å². The van der Waals surface area contributed by atoms with E-state index in [0.29, 0.717) is 17.0 Å². The first-order chi connectivity index (χ1) is 15.2. The second kappa shape index (κ2) is 9.20. The van der Waals surface area contributed by atoms with E-state index in [-0.39, 0.29) is 11.5 Å². The van der Waals surface area contributed by atoms with Gasteiger partial charge in [0, 0.05) is 5.56 Å². The van der Waals surface area contributed by atoms with Gasteiger partial charge in [0.05, 0.1) is 11.9 Å². The van der Waals surface area contributed by atoms with Gasteiger partial charge in [-0.3, -0.25) is 9.78 Å². The highest BCUT2D eigenvalue weighted by molar-refractivity contribution is 5.80. The molecule has 7 heteroatoms. The first kappa shape index (κ1) is 19.6. The maximum atomic E-state index is 12.3. The van der Waals surface area contributed by atoms with Crippen molar-refractivity contribution >= 4 is 12.2 Å². The van der Waals surface area contributed by atoms with Crippen molar-refractivity contribution in [1.82, 2.24) is 9.97 Å². The summed E-state index contributed by atoms with van der Waals surface area (Å²) in [6.45, 7) is 0. The van der Waals surface area contributed by atoms with Crippen LogP contribution in [-0.4, -0.2) is 16.2 Å². The summed E-state index contributed by atoms with van der Waals surface area (Å²) in [5.74, 6) is 1.55. The highest BCUT2D eigenvalue weighted by Gasteiger charge is 2.12. The van der Waals surface area contributed by atoms with E-state index in [1.807, 2.05) is 78.9 Å². The maximum Gasteiger partial charge on any atom is 0.270 e. The van der Waals surface area contributed by atoms with E-state index >= 15 is 0 Å². The van der Waals surface area contributed by atoms with E-state index in [1.165, 1.54) is 0 Å². The van der Waals surface area contributed by atoms with Gasteiger partial charge in [0.1, 0.15) is 23.1 Å². The average molecular weight is 407 g/mol. The number of hydrogen-bond acceptors (Lipinski definition) is 6. The molecule has 0 saturated carbocycles. The molecule has 0 aliphatic heterocycles. The molecule has 4 aromatic rings. The zero-order valence-corrected chi connectivity index (χ0v) is 16.3. The van der Waals surface area contributed by atoms with Crippen molar-refractivity contribution in [3.63, 3.8) is 0 Å². The van der Waals surface area contributed by atoms with E-state index in [4.69, 9.17) is 4.74 Å². The lowest BCUT2D eigenvalue weighted by atomic mass is 10.1. The first-order valence-electron chi connectivity index (χ1n) is 9.45. The topological polar surface area (TPSA) is 103 Å². The van der Waals surface area contributed by atoms with Gasteiger partial charge in [-0.25, -0.2) is 10.4 Å². The molecule has 150 valence electrons. The van der Waals surface area contributed by atoms with Crippen molar-refractivity contribution < 1.29 is 4.74 Å². The lowest BCUT2D eigenvalue weighted by Crippen LogP contribution is -2.16. The highest BCUT2D eigenvalue weighted by Crippen LogP contribution is 2.22. The van der Waals surface area contributed by atoms with Crippen molar-refractivity contribution in [1.29, 1.82) is 5.26 Å². The Balaban J connectivity index is 1.53. The van der Waals surface area contributed by atoms with Gasteiger partial charge in [-0.05, 0) is 29.8 Å². The van der Waals surface area contributed by atoms with Crippen LogP contribution in [0.25, 0.3) is 11.3 Å². The van der Waals surface area contributed by atoms with Crippen LogP contribution in [0, 0.1) is 11.3 Å². The van der Waals surface area contributed by atoms with E-state index < -0.39 is 5.56 Å². The SMILES string of the molecule is N#Cc1c(-c2ccccc2)nc(NN=Cc2cccc(Oc3ccccc3)c2)[nH]c1=O. The molecule has 3 aromatic carbocycles. The Hall–Kier alpha value is -4.70. The van der Waals surface area contributed by atoms with E-state index in [0.717, 1.165) is 11.3 Å². The summed E-state index contributed by atoms with van der Waals surface area (Å²) in [4.78, 5) is 19.2. The predicted molar refractivity (Wildman–Crippen MR) is 119 cm³/mol. The summed E-state index contributed by atoms with van der Waals surface area (Å²) in [7, 11) is 0. The molecule has 0 aliphatic carbocycles. The van der Waals surface area contributed by atoms with Gasteiger partial charge < -0.3 is 4.74 Å². The minimum Gasteiger partial charge on any atom is -0.457 e. The molecule has 0 spiro atoms. The number of H-pyrrole nitrogens is 1. The number of aromatic amines is 1. The molecule has 31 heavy (non-hydrogen) atoms. The van der Waals surface area contributed by atoms with Gasteiger partial charge in [0.15, 0.2) is 0 Å². The number of anilines is 1. The third kappa shape index (κ3) is 4.83. The Kier molecular flexibility index (Phi) is 5.82. The predicted octanol–water partition coefficient (Wildman–Crippen LogP) is 4.55. The van der Waals surface area contributed by atoms with Crippen LogP contribution in [0.4, 0.5) is 5.95 Å². The molecule has 0 saturated heterocycles. The summed E-state index contributed by atoms with van der Waals surface area (Å²) < 4.78 is 5.82. The van der Waals surface area contributed by atoms with Gasteiger partial charge in [0.25, 0.3) is 5.56 Å². The van der Waals surface area contributed by atoms with Crippen LogP contribution in [0.2, 0.25) is 0 Å². The maximum absolute atomic E-state index is 12.3. The number of para-hydroxylation sites is 1. The minimum absolute atomic E-state index is 0.0495. The van der Waals surface area contributed by atoms with Crippen LogP contribution in [0.1, 0.15) is 11.1 Å². The number of nitrogens with zero attached hydrogens (tertiary/aromatic N) is 3. The Bertz CT molecular complexity index is 1310. The first-order valence-corrected chi connectivity index (χ1v) is 9.45. The van der Waals surface area contributed by atoms with Gasteiger partial charge in [-0.2, -0.15) is 10.4 Å². The molecule has 0 amide bonds. The Morgan fingerprint density at radius 3 is 2.42 bits per heavy atom. The number of nitrogens with one attached hydrogen (secondary N) is 2. The monoisotopic (exact) mass is 407 g/mol. The van der Waals surface area contributed by atoms with Crippen molar-refractivity contribution in [3.8, 4) is 28.8 Å². The number of benzene rings is 3. The van der Waals surface area contributed by atoms with Gasteiger partial charge in [0.2, 0.25) is 5.95 Å². The molecule has 0 aliphatic rings. The molecule has 0 radical (unpaired) electrons. The normalized spacial score (nSPS) is 10.5. The zero-order chi connectivity index (χ0) is 21.5. The smallest absolute Gasteiger partial charge is 0.270 e. The summed E-state index contributed by atoms with van der Waals surface area (Å²) in [6, 6.07) is 27.8. The minimum atomic E-state index is -0.535. The number of rotatable bonds is 6. The van der Waals surface area contributed by atoms with E-state index in [1.54, 1.807) is 18.3 Å². The van der Waals surface area contributed by atoms with Crippen molar-refractivity contribution in [2.24, 2.45) is 5.10 Å². The van der Waals surface area contributed by atoms with Crippen molar-refractivity contribution in [2.45, 2.75) is 0 Å². The summed E-state index contributed by atoms with van der Waals surface area (Å²) in [5.41, 5.74) is 3.89. The molecule has 1 aromatic heterocycles. The van der Waals surface area contributed by atoms with Crippen LogP contribution in [0.3, 0.4) is 0 Å². The molecular formula is C24H17N5O2. The van der Waals surface area contributed by atoms with Crippen molar-refractivity contribution in [2.75, 3.05) is 5.43 Å². The largest absolute Gasteiger partial charge is 0.457 e. The van der Waals surface area contributed by atoms with Crippen LogP contribution >= 0.6 is 0 Å². The van der Waals surface area contributed by atoms with Crippen LogP contribution in [0.15, 0.2) is 94.8 Å². The molecule has 0 unspecified atom stereocenters. The molecule has 0 atom stereocenters. The lowest BCUT2D eigenvalue weighted by molar-refractivity contribution is 0.482. The second-order valence-electron chi connectivity index (χ2n) is 6.47. The number of hydrogen-bond donors (Lipinski definition) is 2. The fourth-order valence-electron chi connectivity index (χ4n) is 2.89. The zero-order valence-electron chi connectivity index (χ0n) is 16.3. The third-order valence-corrected chi connectivity index (χ3v) is 4.30. The number of hydrazone groups is 1. The quantitative estimate of drug-likeness (QED) is 0.361.